The minimum Gasteiger partial charge on any atom is -0.395 e. The maximum absolute atomic E-state index is 13.2. The lowest BCUT2D eigenvalue weighted by Crippen LogP contribution is -2.48. The first-order chi connectivity index (χ1) is 9.17. The fourth-order valence-electron chi connectivity index (χ4n) is 2.90. The lowest BCUT2D eigenvalue weighted by atomic mass is 9.95. The molecule has 2 unspecified atom stereocenters. The Labute approximate surface area is 114 Å². The standard InChI is InChI=1S/C15H23FN2O/c1-12-7-15(17-5-6-19)11-18(9-12)10-13-3-2-4-14(16)8-13/h2-4,8,12,15,17,19H,5-7,9-11H2,1H3. The summed E-state index contributed by atoms with van der Waals surface area (Å²) in [6.45, 7) is 5.86. The molecule has 3 nitrogen and oxygen atoms in total. The van der Waals surface area contributed by atoms with Gasteiger partial charge in [0.25, 0.3) is 0 Å². The van der Waals surface area contributed by atoms with Crippen LogP contribution in [0.4, 0.5) is 4.39 Å². The van der Waals surface area contributed by atoms with Crippen LogP contribution >= 0.6 is 0 Å². The molecule has 1 aliphatic heterocycles. The van der Waals surface area contributed by atoms with E-state index in [1.807, 2.05) is 6.07 Å². The summed E-state index contributed by atoms with van der Waals surface area (Å²) in [5.41, 5.74) is 1.02. The van der Waals surface area contributed by atoms with Gasteiger partial charge in [-0.1, -0.05) is 19.1 Å². The number of benzene rings is 1. The van der Waals surface area contributed by atoms with Crippen LogP contribution in [0.3, 0.4) is 0 Å². The molecule has 0 bridgehead atoms. The van der Waals surface area contributed by atoms with Crippen molar-refractivity contribution < 1.29 is 9.50 Å². The van der Waals surface area contributed by atoms with Gasteiger partial charge in [0.15, 0.2) is 0 Å². The van der Waals surface area contributed by atoms with Gasteiger partial charge in [-0.3, -0.25) is 4.90 Å². The van der Waals surface area contributed by atoms with E-state index in [2.05, 4.69) is 17.1 Å². The third-order valence-corrected chi connectivity index (χ3v) is 3.58. The topological polar surface area (TPSA) is 35.5 Å². The molecular weight excluding hydrogens is 243 g/mol. The number of aliphatic hydroxyl groups is 1. The largest absolute Gasteiger partial charge is 0.395 e. The van der Waals surface area contributed by atoms with Gasteiger partial charge in [0, 0.05) is 32.2 Å². The van der Waals surface area contributed by atoms with Gasteiger partial charge in [-0.15, -0.1) is 0 Å². The van der Waals surface area contributed by atoms with Crippen LogP contribution in [0.2, 0.25) is 0 Å². The second-order valence-corrected chi connectivity index (χ2v) is 5.54. The van der Waals surface area contributed by atoms with Crippen molar-refractivity contribution in [3.05, 3.63) is 35.6 Å². The summed E-state index contributed by atoms with van der Waals surface area (Å²) >= 11 is 0. The normalized spacial score (nSPS) is 24.6. The zero-order chi connectivity index (χ0) is 13.7. The van der Waals surface area contributed by atoms with Crippen molar-refractivity contribution in [2.45, 2.75) is 25.9 Å². The van der Waals surface area contributed by atoms with Crippen LogP contribution in [0.1, 0.15) is 18.9 Å². The van der Waals surface area contributed by atoms with E-state index in [0.717, 1.165) is 31.6 Å². The van der Waals surface area contributed by atoms with Crippen LogP contribution in [0.25, 0.3) is 0 Å². The van der Waals surface area contributed by atoms with Crippen molar-refractivity contribution in [1.29, 1.82) is 0 Å². The molecule has 4 heteroatoms. The molecule has 2 atom stereocenters. The number of piperidine rings is 1. The summed E-state index contributed by atoms with van der Waals surface area (Å²) in [5, 5.41) is 12.2. The monoisotopic (exact) mass is 266 g/mol. The molecule has 0 aromatic heterocycles. The van der Waals surface area contributed by atoms with Crippen LogP contribution in [0, 0.1) is 11.7 Å². The molecule has 1 saturated heterocycles. The lowest BCUT2D eigenvalue weighted by molar-refractivity contribution is 0.138. The fourth-order valence-corrected chi connectivity index (χ4v) is 2.90. The minimum absolute atomic E-state index is 0.169. The molecule has 0 aliphatic carbocycles. The van der Waals surface area contributed by atoms with E-state index in [0.29, 0.717) is 18.5 Å². The minimum atomic E-state index is -0.169. The summed E-state index contributed by atoms with van der Waals surface area (Å²) in [4.78, 5) is 2.36. The number of halogens is 1. The lowest BCUT2D eigenvalue weighted by Gasteiger charge is -2.37. The predicted octanol–water partition coefficient (Wildman–Crippen LogP) is 1.62. The quantitative estimate of drug-likeness (QED) is 0.850. The van der Waals surface area contributed by atoms with E-state index < -0.39 is 0 Å². The number of rotatable bonds is 5. The van der Waals surface area contributed by atoms with Gasteiger partial charge < -0.3 is 10.4 Å². The Balaban J connectivity index is 1.92. The molecule has 0 radical (unpaired) electrons. The maximum atomic E-state index is 13.2. The Morgan fingerprint density at radius 3 is 3.00 bits per heavy atom. The SMILES string of the molecule is CC1CC(NCCO)CN(Cc2cccc(F)c2)C1. The van der Waals surface area contributed by atoms with Crippen molar-refractivity contribution >= 4 is 0 Å². The molecule has 0 spiro atoms. The van der Waals surface area contributed by atoms with Crippen molar-refractivity contribution in [3.63, 3.8) is 0 Å². The second kappa shape index (κ2) is 6.98. The highest BCUT2D eigenvalue weighted by molar-refractivity contribution is 5.16. The Morgan fingerprint density at radius 2 is 2.26 bits per heavy atom. The van der Waals surface area contributed by atoms with Crippen LogP contribution in [0.5, 0.6) is 0 Å². The summed E-state index contributed by atoms with van der Waals surface area (Å²) in [6.07, 6.45) is 1.14. The second-order valence-electron chi connectivity index (χ2n) is 5.54. The van der Waals surface area contributed by atoms with Crippen molar-refractivity contribution in [3.8, 4) is 0 Å². The smallest absolute Gasteiger partial charge is 0.123 e. The van der Waals surface area contributed by atoms with Crippen LogP contribution in [-0.2, 0) is 6.54 Å². The first-order valence-corrected chi connectivity index (χ1v) is 6.98. The summed E-state index contributed by atoms with van der Waals surface area (Å²) in [7, 11) is 0. The number of hydrogen-bond donors (Lipinski definition) is 2. The van der Waals surface area contributed by atoms with E-state index in [-0.39, 0.29) is 12.4 Å². The molecule has 2 rings (SSSR count). The first kappa shape index (κ1) is 14.4. The Morgan fingerprint density at radius 1 is 1.42 bits per heavy atom. The Hall–Kier alpha value is -0.970. The van der Waals surface area contributed by atoms with Gasteiger partial charge in [0.1, 0.15) is 5.82 Å². The summed E-state index contributed by atoms with van der Waals surface area (Å²) < 4.78 is 13.2. The van der Waals surface area contributed by atoms with Gasteiger partial charge in [0.05, 0.1) is 6.61 Å². The predicted molar refractivity (Wildman–Crippen MR) is 74.3 cm³/mol. The maximum Gasteiger partial charge on any atom is 0.123 e. The van der Waals surface area contributed by atoms with Gasteiger partial charge in [-0.25, -0.2) is 4.39 Å². The third-order valence-electron chi connectivity index (χ3n) is 3.58. The molecule has 1 aliphatic rings. The van der Waals surface area contributed by atoms with E-state index in [4.69, 9.17) is 5.11 Å². The van der Waals surface area contributed by atoms with Crippen LogP contribution < -0.4 is 5.32 Å². The molecule has 19 heavy (non-hydrogen) atoms. The number of aliphatic hydroxyl groups excluding tert-OH is 1. The van der Waals surface area contributed by atoms with Gasteiger partial charge in [-0.05, 0) is 30.0 Å². The fraction of sp³-hybridized carbons (Fsp3) is 0.600. The van der Waals surface area contributed by atoms with Crippen molar-refractivity contribution in [2.75, 3.05) is 26.2 Å². The molecular formula is C15H23FN2O. The van der Waals surface area contributed by atoms with E-state index in [9.17, 15) is 4.39 Å². The Kier molecular flexibility index (Phi) is 5.31. The molecule has 1 fully saturated rings. The highest BCUT2D eigenvalue weighted by Crippen LogP contribution is 2.18. The van der Waals surface area contributed by atoms with Gasteiger partial charge in [-0.2, -0.15) is 0 Å². The number of nitrogens with one attached hydrogen (secondary N) is 1. The van der Waals surface area contributed by atoms with Gasteiger partial charge >= 0.3 is 0 Å². The molecule has 1 aromatic rings. The number of nitrogens with zero attached hydrogens (tertiary/aromatic N) is 1. The van der Waals surface area contributed by atoms with Crippen molar-refractivity contribution in [2.24, 2.45) is 5.92 Å². The Bertz CT molecular complexity index is 399. The molecule has 0 saturated carbocycles. The highest BCUT2D eigenvalue weighted by atomic mass is 19.1. The average Bonchev–Trinajstić information content (AvgIpc) is 2.35. The van der Waals surface area contributed by atoms with Crippen molar-refractivity contribution in [1.82, 2.24) is 10.2 Å². The van der Waals surface area contributed by atoms with Gasteiger partial charge in [0.2, 0.25) is 0 Å². The van der Waals surface area contributed by atoms with E-state index in [1.165, 1.54) is 6.07 Å². The zero-order valence-electron chi connectivity index (χ0n) is 11.5. The zero-order valence-corrected chi connectivity index (χ0v) is 11.5. The molecule has 1 aromatic carbocycles. The summed E-state index contributed by atoms with van der Waals surface area (Å²) in [5.74, 6) is 0.455. The molecule has 106 valence electrons. The number of likely N-dealkylation sites (tertiary alicyclic amines) is 1. The summed E-state index contributed by atoms with van der Waals surface area (Å²) in [6, 6.07) is 7.24. The molecule has 2 N–H and O–H groups in total. The average molecular weight is 266 g/mol. The van der Waals surface area contributed by atoms with Crippen LogP contribution in [0.15, 0.2) is 24.3 Å². The first-order valence-electron chi connectivity index (χ1n) is 6.98. The van der Waals surface area contributed by atoms with E-state index in [1.54, 1.807) is 12.1 Å². The molecule has 1 heterocycles. The molecule has 0 amide bonds. The third kappa shape index (κ3) is 4.56. The van der Waals surface area contributed by atoms with E-state index >= 15 is 0 Å². The number of hydrogen-bond acceptors (Lipinski definition) is 3. The van der Waals surface area contributed by atoms with Crippen LogP contribution in [-0.4, -0.2) is 42.3 Å². The highest BCUT2D eigenvalue weighted by Gasteiger charge is 2.24.